The van der Waals surface area contributed by atoms with E-state index in [2.05, 4.69) is 5.32 Å². The molecule has 1 saturated heterocycles. The molecule has 1 aliphatic rings. The van der Waals surface area contributed by atoms with Gasteiger partial charge < -0.3 is 10.1 Å². The quantitative estimate of drug-likeness (QED) is 0.807. The second-order valence-electron chi connectivity index (χ2n) is 5.10. The van der Waals surface area contributed by atoms with Gasteiger partial charge in [-0.25, -0.2) is 0 Å². The van der Waals surface area contributed by atoms with Gasteiger partial charge in [-0.15, -0.1) is 0 Å². The monoisotopic (exact) mass is 247 g/mol. The molecule has 4 heteroatoms. The molecule has 1 aromatic rings. The highest BCUT2D eigenvalue weighted by Gasteiger charge is 2.48. The summed E-state index contributed by atoms with van der Waals surface area (Å²) in [6.07, 6.45) is 0. The molecule has 0 bridgehead atoms. The molecular formula is C14H17NO3. The first-order valence-corrected chi connectivity index (χ1v) is 5.88. The lowest BCUT2D eigenvalue weighted by molar-refractivity contribution is -0.125. The van der Waals surface area contributed by atoms with Crippen LogP contribution >= 0.6 is 0 Å². The summed E-state index contributed by atoms with van der Waals surface area (Å²) in [7, 11) is 1.54. The van der Waals surface area contributed by atoms with Crippen molar-refractivity contribution in [2.75, 3.05) is 7.11 Å². The van der Waals surface area contributed by atoms with E-state index >= 15 is 0 Å². The molecule has 0 spiro atoms. The standard InChI is InChI=1S/C14H17NO3/c1-8-6-5-7-9(18-4)10(8)11-12(16)14(2,3)15-13(11)17/h5-7,11H,1-4H3,(H,15,17). The lowest BCUT2D eigenvalue weighted by atomic mass is 9.86. The van der Waals surface area contributed by atoms with Gasteiger partial charge in [0.2, 0.25) is 5.91 Å². The van der Waals surface area contributed by atoms with E-state index in [1.165, 1.54) is 0 Å². The number of carbonyl (C=O) groups is 2. The molecule has 0 aromatic heterocycles. The SMILES string of the molecule is COc1cccc(C)c1C1C(=O)NC(C)(C)C1=O. The lowest BCUT2D eigenvalue weighted by Crippen LogP contribution is -2.39. The highest BCUT2D eigenvalue weighted by molar-refractivity contribution is 6.17. The van der Waals surface area contributed by atoms with Crippen LogP contribution in [0, 0.1) is 6.92 Å². The van der Waals surface area contributed by atoms with Crippen LogP contribution in [0.3, 0.4) is 0 Å². The van der Waals surface area contributed by atoms with E-state index in [0.29, 0.717) is 11.3 Å². The third-order valence-electron chi connectivity index (χ3n) is 3.37. The van der Waals surface area contributed by atoms with Crippen molar-refractivity contribution in [3.63, 3.8) is 0 Å². The number of Topliss-reactive ketones (excluding diaryl/α,β-unsaturated/α-hetero) is 1. The van der Waals surface area contributed by atoms with Crippen molar-refractivity contribution < 1.29 is 14.3 Å². The van der Waals surface area contributed by atoms with E-state index in [9.17, 15) is 9.59 Å². The molecular weight excluding hydrogens is 230 g/mol. The predicted octanol–water partition coefficient (Wildman–Crippen LogP) is 1.56. The van der Waals surface area contributed by atoms with Crippen molar-refractivity contribution in [3.8, 4) is 5.75 Å². The van der Waals surface area contributed by atoms with E-state index < -0.39 is 11.5 Å². The summed E-state index contributed by atoms with van der Waals surface area (Å²) in [6.45, 7) is 5.32. The fraction of sp³-hybridized carbons (Fsp3) is 0.429. The Balaban J connectivity index is 2.56. The molecule has 1 aromatic carbocycles. The first-order valence-electron chi connectivity index (χ1n) is 5.88. The zero-order chi connectivity index (χ0) is 13.5. The van der Waals surface area contributed by atoms with Crippen molar-refractivity contribution in [1.82, 2.24) is 5.32 Å². The molecule has 1 N–H and O–H groups in total. The van der Waals surface area contributed by atoms with Gasteiger partial charge in [0.1, 0.15) is 11.7 Å². The fourth-order valence-corrected chi connectivity index (χ4v) is 2.39. The maximum absolute atomic E-state index is 12.3. The van der Waals surface area contributed by atoms with Crippen molar-refractivity contribution in [3.05, 3.63) is 29.3 Å². The molecule has 0 aliphatic carbocycles. The molecule has 2 rings (SSSR count). The summed E-state index contributed by atoms with van der Waals surface area (Å²) in [5, 5.41) is 2.73. The van der Waals surface area contributed by atoms with Crippen LogP contribution in [0.15, 0.2) is 18.2 Å². The van der Waals surface area contributed by atoms with Gasteiger partial charge in [0.15, 0.2) is 5.78 Å². The summed E-state index contributed by atoms with van der Waals surface area (Å²) in [4.78, 5) is 24.4. The van der Waals surface area contributed by atoms with Gasteiger partial charge in [-0.2, -0.15) is 0 Å². The van der Waals surface area contributed by atoms with E-state index in [4.69, 9.17) is 4.74 Å². The molecule has 1 atom stereocenters. The highest BCUT2D eigenvalue weighted by Crippen LogP contribution is 2.36. The number of nitrogens with one attached hydrogen (secondary N) is 1. The van der Waals surface area contributed by atoms with Crippen LogP contribution in [-0.2, 0) is 9.59 Å². The third-order valence-corrected chi connectivity index (χ3v) is 3.37. The van der Waals surface area contributed by atoms with Gasteiger partial charge in [-0.1, -0.05) is 12.1 Å². The number of ketones is 1. The number of rotatable bonds is 2. The first kappa shape index (κ1) is 12.6. The maximum atomic E-state index is 12.3. The Morgan fingerprint density at radius 3 is 2.44 bits per heavy atom. The number of aryl methyl sites for hydroxylation is 1. The summed E-state index contributed by atoms with van der Waals surface area (Å²) in [6, 6.07) is 5.50. The number of benzene rings is 1. The van der Waals surface area contributed by atoms with Crippen molar-refractivity contribution in [1.29, 1.82) is 0 Å². The maximum Gasteiger partial charge on any atom is 0.236 e. The molecule has 96 valence electrons. The van der Waals surface area contributed by atoms with Gasteiger partial charge in [0.05, 0.1) is 12.6 Å². The minimum atomic E-state index is -0.810. The number of methoxy groups -OCH3 is 1. The number of carbonyl (C=O) groups excluding carboxylic acids is 2. The first-order chi connectivity index (χ1) is 8.38. The minimum Gasteiger partial charge on any atom is -0.496 e. The largest absolute Gasteiger partial charge is 0.496 e. The second kappa shape index (κ2) is 4.12. The van der Waals surface area contributed by atoms with E-state index in [-0.39, 0.29) is 11.7 Å². The molecule has 0 saturated carbocycles. The normalized spacial score (nSPS) is 21.9. The second-order valence-corrected chi connectivity index (χ2v) is 5.10. The third kappa shape index (κ3) is 1.78. The van der Waals surface area contributed by atoms with Gasteiger partial charge in [-0.05, 0) is 32.4 Å². The van der Waals surface area contributed by atoms with Crippen LogP contribution in [-0.4, -0.2) is 24.3 Å². The number of ether oxygens (including phenoxy) is 1. The topological polar surface area (TPSA) is 55.4 Å². The number of amides is 1. The molecule has 18 heavy (non-hydrogen) atoms. The number of hydrogen-bond acceptors (Lipinski definition) is 3. The summed E-state index contributed by atoms with van der Waals surface area (Å²) in [5.74, 6) is -0.546. The highest BCUT2D eigenvalue weighted by atomic mass is 16.5. The Kier molecular flexibility index (Phi) is 2.89. The van der Waals surface area contributed by atoms with Crippen LogP contribution < -0.4 is 10.1 Å². The molecule has 4 nitrogen and oxygen atoms in total. The van der Waals surface area contributed by atoms with Crippen molar-refractivity contribution in [2.24, 2.45) is 0 Å². The van der Waals surface area contributed by atoms with Gasteiger partial charge in [0.25, 0.3) is 0 Å². The van der Waals surface area contributed by atoms with Crippen LogP contribution in [0.25, 0.3) is 0 Å². The Morgan fingerprint density at radius 1 is 1.28 bits per heavy atom. The van der Waals surface area contributed by atoms with Crippen LogP contribution in [0.5, 0.6) is 5.75 Å². The summed E-state index contributed by atoms with van der Waals surface area (Å²) >= 11 is 0. The average molecular weight is 247 g/mol. The van der Waals surface area contributed by atoms with Crippen LogP contribution in [0.4, 0.5) is 0 Å². The summed E-state index contributed by atoms with van der Waals surface area (Å²) in [5.41, 5.74) is 0.753. The molecule has 1 fully saturated rings. The average Bonchev–Trinajstić information content (AvgIpc) is 2.49. The molecule has 1 heterocycles. The van der Waals surface area contributed by atoms with E-state index in [1.54, 1.807) is 27.0 Å². The van der Waals surface area contributed by atoms with E-state index in [1.807, 2.05) is 19.1 Å². The van der Waals surface area contributed by atoms with Crippen molar-refractivity contribution >= 4 is 11.7 Å². The molecule has 1 aliphatic heterocycles. The smallest absolute Gasteiger partial charge is 0.236 e. The van der Waals surface area contributed by atoms with Crippen molar-refractivity contribution in [2.45, 2.75) is 32.2 Å². The lowest BCUT2D eigenvalue weighted by Gasteiger charge is -2.17. The van der Waals surface area contributed by atoms with Crippen LogP contribution in [0.1, 0.15) is 30.9 Å². The van der Waals surface area contributed by atoms with E-state index in [0.717, 1.165) is 5.56 Å². The molecule has 0 radical (unpaired) electrons. The minimum absolute atomic E-state index is 0.111. The predicted molar refractivity (Wildman–Crippen MR) is 67.7 cm³/mol. The zero-order valence-corrected chi connectivity index (χ0v) is 11.0. The fourth-order valence-electron chi connectivity index (χ4n) is 2.39. The van der Waals surface area contributed by atoms with Gasteiger partial charge in [0, 0.05) is 5.56 Å². The van der Waals surface area contributed by atoms with Gasteiger partial charge >= 0.3 is 0 Å². The Bertz CT molecular complexity index is 520. The number of hydrogen-bond donors (Lipinski definition) is 1. The van der Waals surface area contributed by atoms with Gasteiger partial charge in [-0.3, -0.25) is 9.59 Å². The molecule has 1 unspecified atom stereocenters. The zero-order valence-electron chi connectivity index (χ0n) is 11.0. The Labute approximate surface area is 106 Å². The molecule has 1 amide bonds. The Morgan fingerprint density at radius 2 is 1.94 bits per heavy atom. The Hall–Kier alpha value is -1.84. The summed E-state index contributed by atoms with van der Waals surface area (Å²) < 4.78 is 5.27. The van der Waals surface area contributed by atoms with Crippen LogP contribution in [0.2, 0.25) is 0 Å².